The lowest BCUT2D eigenvalue weighted by atomic mass is 10.2. The number of carbonyl (C=O) groups is 2. The Bertz CT molecular complexity index is 760. The number of likely N-dealkylation sites (N-methyl/N-ethyl adjacent to an activating group) is 1. The van der Waals surface area contributed by atoms with Crippen LogP contribution in [0.25, 0.3) is 0 Å². The summed E-state index contributed by atoms with van der Waals surface area (Å²) < 4.78 is 5.47. The van der Waals surface area contributed by atoms with Crippen LogP contribution in [0.2, 0.25) is 0 Å². The highest BCUT2D eigenvalue weighted by atomic mass is 16.5. The fourth-order valence-electron chi connectivity index (χ4n) is 3.54. The number of nitrogens with zero attached hydrogens (tertiary/aromatic N) is 1. The molecule has 0 aromatic rings. The summed E-state index contributed by atoms with van der Waals surface area (Å²) >= 11 is 0. The molecule has 0 bridgehead atoms. The molecule has 214 valence electrons. The monoisotopic (exact) mass is 526 g/mol. The largest absolute Gasteiger partial charge is 0.463 e. The maximum Gasteiger partial charge on any atom is 0.305 e. The van der Waals surface area contributed by atoms with Gasteiger partial charge in [0.1, 0.15) is 6.61 Å². The summed E-state index contributed by atoms with van der Waals surface area (Å²) in [7, 11) is 3.90. The molecular weight excluding hydrogens is 472 g/mol. The number of nitrogens with one attached hydrogen (secondary N) is 1. The van der Waals surface area contributed by atoms with E-state index in [0.717, 1.165) is 64.2 Å². The molecule has 5 heteroatoms. The van der Waals surface area contributed by atoms with E-state index in [1.54, 1.807) is 0 Å². The summed E-state index contributed by atoms with van der Waals surface area (Å²) in [6.07, 6.45) is 36.0. The van der Waals surface area contributed by atoms with E-state index in [1.807, 2.05) is 19.0 Å². The number of unbranched alkanes of at least 4 members (excludes halogenated alkanes) is 2. The van der Waals surface area contributed by atoms with Gasteiger partial charge >= 0.3 is 5.97 Å². The molecule has 1 unspecified atom stereocenters. The average Bonchev–Trinajstić information content (AvgIpc) is 2.88. The number of hydrogen-bond acceptors (Lipinski definition) is 4. The van der Waals surface area contributed by atoms with E-state index in [-0.39, 0.29) is 24.5 Å². The molecule has 0 saturated carbocycles. The van der Waals surface area contributed by atoms with Gasteiger partial charge in [-0.15, -0.1) is 0 Å². The highest BCUT2D eigenvalue weighted by molar-refractivity contribution is 5.76. The van der Waals surface area contributed by atoms with Crippen molar-refractivity contribution < 1.29 is 14.3 Å². The molecule has 0 aromatic heterocycles. The van der Waals surface area contributed by atoms with E-state index >= 15 is 0 Å². The first kappa shape index (κ1) is 35.3. The Morgan fingerprint density at radius 2 is 1.13 bits per heavy atom. The summed E-state index contributed by atoms with van der Waals surface area (Å²) in [4.78, 5) is 26.5. The Morgan fingerprint density at radius 3 is 1.61 bits per heavy atom. The summed E-state index contributed by atoms with van der Waals surface area (Å²) in [5, 5.41) is 3.03. The van der Waals surface area contributed by atoms with Crippen molar-refractivity contribution >= 4 is 11.9 Å². The van der Waals surface area contributed by atoms with Crippen LogP contribution in [0, 0.1) is 0 Å². The van der Waals surface area contributed by atoms with Crippen molar-refractivity contribution in [2.75, 3.05) is 27.2 Å². The van der Waals surface area contributed by atoms with Gasteiger partial charge in [-0.3, -0.25) is 9.59 Å². The van der Waals surface area contributed by atoms with Crippen LogP contribution in [0.1, 0.15) is 90.9 Å². The van der Waals surface area contributed by atoms with Crippen LogP contribution in [0.15, 0.2) is 72.9 Å². The van der Waals surface area contributed by atoms with Crippen molar-refractivity contribution in [3.8, 4) is 0 Å². The second kappa shape index (κ2) is 27.4. The summed E-state index contributed by atoms with van der Waals surface area (Å²) in [5.74, 6) is -0.205. The number of esters is 1. The van der Waals surface area contributed by atoms with Gasteiger partial charge < -0.3 is 15.0 Å². The first-order valence-corrected chi connectivity index (χ1v) is 14.5. The SMILES string of the molecule is CC/C=C\C/C=C\C/C=C\CCCC(=O)NC(COC(=O)CCC/C=C\C/C=C\C/C=C\CC)CN(C)C. The second-order valence-corrected chi connectivity index (χ2v) is 9.58. The molecule has 5 nitrogen and oxygen atoms in total. The lowest BCUT2D eigenvalue weighted by Crippen LogP contribution is -2.45. The molecule has 0 spiro atoms. The molecular formula is C33H54N2O3. The topological polar surface area (TPSA) is 58.6 Å². The zero-order valence-electron chi connectivity index (χ0n) is 24.6. The zero-order valence-corrected chi connectivity index (χ0v) is 24.6. The van der Waals surface area contributed by atoms with Crippen LogP contribution in [0.3, 0.4) is 0 Å². The van der Waals surface area contributed by atoms with E-state index in [1.165, 1.54) is 0 Å². The van der Waals surface area contributed by atoms with Crippen molar-refractivity contribution in [2.45, 2.75) is 96.9 Å². The van der Waals surface area contributed by atoms with Gasteiger partial charge in [0, 0.05) is 19.4 Å². The highest BCUT2D eigenvalue weighted by Crippen LogP contribution is 2.03. The third-order valence-electron chi connectivity index (χ3n) is 5.48. The van der Waals surface area contributed by atoms with Crippen molar-refractivity contribution in [3.63, 3.8) is 0 Å². The van der Waals surface area contributed by atoms with Gasteiger partial charge in [-0.05, 0) is 78.3 Å². The first-order chi connectivity index (χ1) is 18.5. The Morgan fingerprint density at radius 1 is 0.684 bits per heavy atom. The lowest BCUT2D eigenvalue weighted by Gasteiger charge is -2.22. The number of allylic oxidation sites excluding steroid dienone is 12. The van der Waals surface area contributed by atoms with Crippen molar-refractivity contribution in [1.82, 2.24) is 10.2 Å². The molecule has 38 heavy (non-hydrogen) atoms. The molecule has 0 rings (SSSR count). The smallest absolute Gasteiger partial charge is 0.305 e. The standard InChI is InChI=1S/C33H54N2O3/c1-5-7-9-11-13-15-17-19-21-23-25-27-32(36)34-31(29-35(3)4)30-38-33(37)28-26-24-22-20-18-16-14-12-10-8-6-2/h7-10,13-16,19-22,31H,5-6,11-12,17-18,23-30H2,1-4H3,(H,34,36)/b9-7-,10-8-,15-13-,16-14-,21-19-,22-20-. The molecule has 1 N–H and O–H groups in total. The Kier molecular flexibility index (Phi) is 25.5. The maximum atomic E-state index is 12.4. The number of amides is 1. The van der Waals surface area contributed by atoms with Gasteiger partial charge in [0.15, 0.2) is 0 Å². The van der Waals surface area contributed by atoms with Gasteiger partial charge in [0.2, 0.25) is 5.91 Å². The maximum absolute atomic E-state index is 12.4. The molecule has 1 amide bonds. The molecule has 0 fully saturated rings. The van der Waals surface area contributed by atoms with Gasteiger partial charge in [-0.25, -0.2) is 0 Å². The Hall–Kier alpha value is -2.66. The number of rotatable bonds is 23. The summed E-state index contributed by atoms with van der Waals surface area (Å²) in [6.45, 7) is 5.10. The van der Waals surface area contributed by atoms with E-state index in [0.29, 0.717) is 19.4 Å². The predicted octanol–water partition coefficient (Wildman–Crippen LogP) is 7.63. The number of carbonyl (C=O) groups excluding carboxylic acids is 2. The van der Waals surface area contributed by atoms with E-state index in [4.69, 9.17) is 4.74 Å². The van der Waals surface area contributed by atoms with Crippen molar-refractivity contribution in [3.05, 3.63) is 72.9 Å². The van der Waals surface area contributed by atoms with Crippen LogP contribution in [-0.2, 0) is 14.3 Å². The van der Waals surface area contributed by atoms with Crippen LogP contribution in [-0.4, -0.2) is 50.1 Å². The third-order valence-corrected chi connectivity index (χ3v) is 5.48. The van der Waals surface area contributed by atoms with Crippen LogP contribution < -0.4 is 5.32 Å². The number of hydrogen-bond donors (Lipinski definition) is 1. The van der Waals surface area contributed by atoms with Crippen LogP contribution in [0.4, 0.5) is 0 Å². The first-order valence-electron chi connectivity index (χ1n) is 14.5. The molecule has 0 aliphatic heterocycles. The average molecular weight is 527 g/mol. The van der Waals surface area contributed by atoms with Gasteiger partial charge in [0.25, 0.3) is 0 Å². The molecule has 0 aromatic carbocycles. The minimum absolute atomic E-state index is 0.00415. The molecule has 0 aliphatic rings. The third kappa shape index (κ3) is 26.4. The quantitative estimate of drug-likeness (QED) is 0.0844. The molecule has 0 heterocycles. The second-order valence-electron chi connectivity index (χ2n) is 9.58. The van der Waals surface area contributed by atoms with Crippen molar-refractivity contribution in [2.24, 2.45) is 0 Å². The van der Waals surface area contributed by atoms with Crippen molar-refractivity contribution in [1.29, 1.82) is 0 Å². The summed E-state index contributed by atoms with van der Waals surface area (Å²) in [5.41, 5.74) is 0. The van der Waals surface area contributed by atoms with Crippen LogP contribution in [0.5, 0.6) is 0 Å². The van der Waals surface area contributed by atoms with Crippen LogP contribution >= 0.6 is 0 Å². The van der Waals surface area contributed by atoms with Gasteiger partial charge in [-0.1, -0.05) is 86.8 Å². The molecule has 1 atom stereocenters. The highest BCUT2D eigenvalue weighted by Gasteiger charge is 2.15. The fourth-order valence-corrected chi connectivity index (χ4v) is 3.54. The minimum atomic E-state index is -0.209. The van der Waals surface area contributed by atoms with E-state index < -0.39 is 0 Å². The van der Waals surface area contributed by atoms with Gasteiger partial charge in [0.05, 0.1) is 6.04 Å². The zero-order chi connectivity index (χ0) is 28.1. The van der Waals surface area contributed by atoms with E-state index in [9.17, 15) is 9.59 Å². The normalized spacial score (nSPS) is 13.4. The minimum Gasteiger partial charge on any atom is -0.463 e. The predicted molar refractivity (Wildman–Crippen MR) is 163 cm³/mol. The molecule has 0 radical (unpaired) electrons. The molecule has 0 saturated heterocycles. The lowest BCUT2D eigenvalue weighted by molar-refractivity contribution is -0.145. The number of ether oxygens (including phenoxy) is 1. The Labute approximate surface area is 233 Å². The van der Waals surface area contributed by atoms with E-state index in [2.05, 4.69) is 92.1 Å². The summed E-state index contributed by atoms with van der Waals surface area (Å²) in [6, 6.07) is -0.206. The molecule has 0 aliphatic carbocycles. The van der Waals surface area contributed by atoms with Gasteiger partial charge in [-0.2, -0.15) is 0 Å². The Balaban J connectivity index is 4.08. The fraction of sp³-hybridized carbons (Fsp3) is 0.576.